The summed E-state index contributed by atoms with van der Waals surface area (Å²) in [7, 11) is 0. The lowest BCUT2D eigenvalue weighted by Gasteiger charge is -2.12. The second-order valence-corrected chi connectivity index (χ2v) is 4.22. The number of carbonyl (C=O) groups is 2. The summed E-state index contributed by atoms with van der Waals surface area (Å²) in [5.74, 6) is -0.448. The fraction of sp³-hybridized carbons (Fsp3) is 0.462. The van der Waals surface area contributed by atoms with E-state index >= 15 is 0 Å². The lowest BCUT2D eigenvalue weighted by molar-refractivity contribution is 0.0649. The van der Waals surface area contributed by atoms with Crippen molar-refractivity contribution in [2.24, 2.45) is 0 Å². The van der Waals surface area contributed by atoms with Gasteiger partial charge in [0.2, 0.25) is 0 Å². The van der Waals surface area contributed by atoms with E-state index in [0.717, 1.165) is 25.7 Å². The number of pyridine rings is 1. The molecule has 1 aromatic heterocycles. The first-order chi connectivity index (χ1) is 8.25. The minimum atomic E-state index is -0.248. The van der Waals surface area contributed by atoms with Crippen LogP contribution in [-0.2, 0) is 0 Å². The highest BCUT2D eigenvalue weighted by Gasteiger charge is 2.35. The molecule has 0 aromatic carbocycles. The number of nitrogens with zero attached hydrogens (tertiary/aromatic N) is 2. The summed E-state index contributed by atoms with van der Waals surface area (Å²) in [5.41, 5.74) is 0.737. The van der Waals surface area contributed by atoms with Gasteiger partial charge in [-0.25, -0.2) is 0 Å². The lowest BCUT2D eigenvalue weighted by Crippen LogP contribution is -2.30. The topological polar surface area (TPSA) is 50.3 Å². The fourth-order valence-electron chi connectivity index (χ4n) is 2.01. The molecule has 4 nitrogen and oxygen atoms in total. The first-order valence-corrected chi connectivity index (χ1v) is 6.07. The van der Waals surface area contributed by atoms with E-state index in [1.165, 1.54) is 4.90 Å². The molecule has 1 aromatic rings. The van der Waals surface area contributed by atoms with Gasteiger partial charge in [0.1, 0.15) is 5.69 Å². The molecule has 2 rings (SSSR count). The van der Waals surface area contributed by atoms with Crippen LogP contribution < -0.4 is 0 Å². The molecule has 17 heavy (non-hydrogen) atoms. The van der Waals surface area contributed by atoms with Crippen molar-refractivity contribution in [3.63, 3.8) is 0 Å². The SMILES string of the molecule is CCCCCCN1C(=O)c2cccnc2C1=O. The van der Waals surface area contributed by atoms with Gasteiger partial charge in [-0.15, -0.1) is 0 Å². The maximum absolute atomic E-state index is 11.9. The molecule has 2 heterocycles. The molecule has 90 valence electrons. The molecule has 0 saturated heterocycles. The summed E-state index contributed by atoms with van der Waals surface area (Å²) in [6.45, 7) is 2.64. The standard InChI is InChI=1S/C13H16N2O2/c1-2-3-4-5-9-15-12(16)10-7-6-8-14-11(10)13(15)17/h6-8H,2-5,9H2,1H3. The van der Waals surface area contributed by atoms with Crippen molar-refractivity contribution in [1.82, 2.24) is 9.88 Å². The third kappa shape index (κ3) is 2.20. The predicted molar refractivity (Wildman–Crippen MR) is 63.7 cm³/mol. The number of carbonyl (C=O) groups excluding carboxylic acids is 2. The van der Waals surface area contributed by atoms with Gasteiger partial charge >= 0.3 is 0 Å². The Morgan fingerprint density at radius 3 is 2.71 bits per heavy atom. The van der Waals surface area contributed by atoms with Crippen LogP contribution in [0.1, 0.15) is 53.5 Å². The quantitative estimate of drug-likeness (QED) is 0.578. The van der Waals surface area contributed by atoms with Crippen molar-refractivity contribution < 1.29 is 9.59 Å². The van der Waals surface area contributed by atoms with Crippen LogP contribution in [0, 0.1) is 0 Å². The van der Waals surface area contributed by atoms with Crippen LogP contribution in [0.4, 0.5) is 0 Å². The zero-order valence-electron chi connectivity index (χ0n) is 9.98. The first-order valence-electron chi connectivity index (χ1n) is 6.07. The molecule has 0 bridgehead atoms. The third-order valence-corrected chi connectivity index (χ3v) is 2.97. The van der Waals surface area contributed by atoms with Gasteiger partial charge < -0.3 is 0 Å². The minimum absolute atomic E-state index is 0.199. The summed E-state index contributed by atoms with van der Waals surface area (Å²) in [4.78, 5) is 29.1. The lowest BCUT2D eigenvalue weighted by atomic mass is 10.2. The molecule has 0 fully saturated rings. The van der Waals surface area contributed by atoms with E-state index in [-0.39, 0.29) is 11.8 Å². The molecule has 0 spiro atoms. The number of amides is 2. The van der Waals surface area contributed by atoms with E-state index in [2.05, 4.69) is 11.9 Å². The van der Waals surface area contributed by atoms with Crippen molar-refractivity contribution in [2.75, 3.05) is 6.54 Å². The van der Waals surface area contributed by atoms with Gasteiger partial charge in [-0.05, 0) is 18.6 Å². The fourth-order valence-corrected chi connectivity index (χ4v) is 2.01. The predicted octanol–water partition coefficient (Wildman–Crippen LogP) is 2.26. The number of rotatable bonds is 5. The number of aromatic nitrogens is 1. The van der Waals surface area contributed by atoms with E-state index in [1.807, 2.05) is 0 Å². The van der Waals surface area contributed by atoms with E-state index < -0.39 is 0 Å². The van der Waals surface area contributed by atoms with Crippen LogP contribution in [-0.4, -0.2) is 28.2 Å². The Kier molecular flexibility index (Phi) is 3.52. The molecule has 0 saturated carbocycles. The Balaban J connectivity index is 2.03. The van der Waals surface area contributed by atoms with Crippen LogP contribution in [0.3, 0.4) is 0 Å². The van der Waals surface area contributed by atoms with Gasteiger partial charge in [-0.1, -0.05) is 26.2 Å². The van der Waals surface area contributed by atoms with Gasteiger partial charge in [0.25, 0.3) is 11.8 Å². The molecule has 0 unspecified atom stereocenters. The first kappa shape index (κ1) is 11.8. The molecule has 1 aliphatic heterocycles. The van der Waals surface area contributed by atoms with E-state index in [4.69, 9.17) is 0 Å². The highest BCUT2D eigenvalue weighted by Crippen LogP contribution is 2.20. The minimum Gasteiger partial charge on any atom is -0.273 e. The summed E-state index contributed by atoms with van der Waals surface area (Å²) in [6.07, 6.45) is 5.76. The van der Waals surface area contributed by atoms with E-state index in [1.54, 1.807) is 18.3 Å². The van der Waals surface area contributed by atoms with E-state index in [9.17, 15) is 9.59 Å². The van der Waals surface area contributed by atoms with Gasteiger partial charge in [-0.3, -0.25) is 19.5 Å². The van der Waals surface area contributed by atoms with Crippen molar-refractivity contribution in [2.45, 2.75) is 32.6 Å². The van der Waals surface area contributed by atoms with Crippen LogP contribution in [0.5, 0.6) is 0 Å². The number of fused-ring (bicyclic) bond motifs is 1. The molecular formula is C13H16N2O2. The molecule has 0 radical (unpaired) electrons. The summed E-state index contributed by atoms with van der Waals surface area (Å²) in [6, 6.07) is 3.35. The largest absolute Gasteiger partial charge is 0.280 e. The molecule has 0 N–H and O–H groups in total. The van der Waals surface area contributed by atoms with Gasteiger partial charge in [-0.2, -0.15) is 0 Å². The molecular weight excluding hydrogens is 216 g/mol. The Morgan fingerprint density at radius 1 is 1.18 bits per heavy atom. The summed E-state index contributed by atoms with van der Waals surface area (Å²) >= 11 is 0. The van der Waals surface area contributed by atoms with Gasteiger partial charge in [0.05, 0.1) is 5.56 Å². The number of imide groups is 1. The Morgan fingerprint density at radius 2 is 2.00 bits per heavy atom. The van der Waals surface area contributed by atoms with Gasteiger partial charge in [0.15, 0.2) is 0 Å². The molecule has 0 aliphatic carbocycles. The highest BCUT2D eigenvalue weighted by molar-refractivity contribution is 6.20. The maximum atomic E-state index is 11.9. The zero-order valence-corrected chi connectivity index (χ0v) is 9.98. The highest BCUT2D eigenvalue weighted by atomic mass is 16.2. The normalized spacial score (nSPS) is 14.3. The number of hydrogen-bond donors (Lipinski definition) is 0. The van der Waals surface area contributed by atoms with Crippen molar-refractivity contribution >= 4 is 11.8 Å². The monoisotopic (exact) mass is 232 g/mol. The zero-order chi connectivity index (χ0) is 12.3. The maximum Gasteiger partial charge on any atom is 0.280 e. The van der Waals surface area contributed by atoms with Crippen molar-refractivity contribution in [3.8, 4) is 0 Å². The number of unbranched alkanes of at least 4 members (excludes halogenated alkanes) is 3. The summed E-state index contributed by atoms with van der Waals surface area (Å²) in [5, 5.41) is 0. The molecule has 4 heteroatoms. The van der Waals surface area contributed by atoms with Crippen LogP contribution in [0.15, 0.2) is 18.3 Å². The van der Waals surface area contributed by atoms with Crippen LogP contribution in [0.2, 0.25) is 0 Å². The number of hydrogen-bond acceptors (Lipinski definition) is 3. The van der Waals surface area contributed by atoms with Crippen LogP contribution in [0.25, 0.3) is 0 Å². The molecule has 2 amide bonds. The Hall–Kier alpha value is -1.71. The van der Waals surface area contributed by atoms with E-state index in [0.29, 0.717) is 17.8 Å². The second kappa shape index (κ2) is 5.08. The molecule has 0 atom stereocenters. The van der Waals surface area contributed by atoms with Gasteiger partial charge in [0, 0.05) is 12.7 Å². The third-order valence-electron chi connectivity index (χ3n) is 2.97. The van der Waals surface area contributed by atoms with Crippen molar-refractivity contribution in [3.05, 3.63) is 29.6 Å². The average Bonchev–Trinajstić information content (AvgIpc) is 2.60. The average molecular weight is 232 g/mol. The smallest absolute Gasteiger partial charge is 0.273 e. The molecule has 1 aliphatic rings. The Bertz CT molecular complexity index is 408. The summed E-state index contributed by atoms with van der Waals surface area (Å²) < 4.78 is 0. The Labute approximate surface area is 101 Å². The van der Waals surface area contributed by atoms with Crippen molar-refractivity contribution in [1.29, 1.82) is 0 Å². The second-order valence-electron chi connectivity index (χ2n) is 4.22. The van der Waals surface area contributed by atoms with Crippen LogP contribution >= 0.6 is 0 Å².